The zero-order valence-corrected chi connectivity index (χ0v) is 9.03. The average Bonchev–Trinajstić information content (AvgIpc) is 2.77. The summed E-state index contributed by atoms with van der Waals surface area (Å²) in [6, 6.07) is 8.35. The van der Waals surface area contributed by atoms with Gasteiger partial charge in [0.05, 0.1) is 6.21 Å². The van der Waals surface area contributed by atoms with Crippen LogP contribution < -0.4 is 0 Å². The molecule has 0 amide bonds. The van der Waals surface area contributed by atoms with Gasteiger partial charge in [0.25, 0.3) is 0 Å². The first-order valence-electron chi connectivity index (χ1n) is 4.77. The Kier molecular flexibility index (Phi) is 1.95. The Morgan fingerprint density at radius 3 is 2.93 bits per heavy atom. The van der Waals surface area contributed by atoms with Crippen LogP contribution in [0, 0.1) is 6.92 Å². The summed E-state index contributed by atoms with van der Waals surface area (Å²) >= 11 is 1.62. The van der Waals surface area contributed by atoms with Crippen molar-refractivity contribution in [2.75, 3.05) is 0 Å². The molecule has 1 aromatic rings. The van der Waals surface area contributed by atoms with Gasteiger partial charge in [-0.2, -0.15) is 5.10 Å². The van der Waals surface area contributed by atoms with Crippen LogP contribution in [0.3, 0.4) is 0 Å². The van der Waals surface area contributed by atoms with Gasteiger partial charge in [-0.25, -0.2) is 0 Å². The Hall–Kier alpha value is -1.42. The van der Waals surface area contributed by atoms with E-state index in [4.69, 9.17) is 0 Å². The monoisotopic (exact) mass is 215 g/mol. The Balaban J connectivity index is 2.01. The summed E-state index contributed by atoms with van der Waals surface area (Å²) in [5, 5.41) is 9.94. The van der Waals surface area contributed by atoms with Crippen LogP contribution in [0.1, 0.15) is 11.1 Å². The number of thioether (sulfide) groups is 1. The molecule has 0 aliphatic carbocycles. The number of hydrogen-bond donors (Lipinski definition) is 0. The summed E-state index contributed by atoms with van der Waals surface area (Å²) in [5.74, 6) is 0. The predicted octanol–water partition coefficient (Wildman–Crippen LogP) is 2.25. The van der Waals surface area contributed by atoms with Crippen LogP contribution in [0.4, 0.5) is 0 Å². The van der Waals surface area contributed by atoms with Crippen molar-refractivity contribution in [3.05, 3.63) is 35.4 Å². The van der Waals surface area contributed by atoms with Gasteiger partial charge in [-0.3, -0.25) is 4.99 Å². The van der Waals surface area contributed by atoms with Crippen LogP contribution in [-0.2, 0) is 0 Å². The standard InChI is InChI=1S/C11H9N3S/c1-7-4-2-3-5-8(7)10-13-9-6-12-14-11(9)15-10/h2-6,9H,1H3/t9-/m0/s1. The molecule has 4 heteroatoms. The minimum atomic E-state index is 0.0737. The molecule has 2 heterocycles. The van der Waals surface area contributed by atoms with Crippen molar-refractivity contribution in [3.8, 4) is 0 Å². The molecule has 15 heavy (non-hydrogen) atoms. The summed E-state index contributed by atoms with van der Waals surface area (Å²) in [6.45, 7) is 2.10. The van der Waals surface area contributed by atoms with Crippen molar-refractivity contribution in [3.63, 3.8) is 0 Å². The quantitative estimate of drug-likeness (QED) is 0.708. The number of fused-ring (bicyclic) bond motifs is 1. The fraction of sp³-hybridized carbons (Fsp3) is 0.182. The lowest BCUT2D eigenvalue weighted by molar-refractivity contribution is 1.22. The molecule has 2 aliphatic heterocycles. The first-order chi connectivity index (χ1) is 7.34. The molecule has 0 spiro atoms. The summed E-state index contributed by atoms with van der Waals surface area (Å²) in [6.07, 6.45) is 1.79. The van der Waals surface area contributed by atoms with E-state index in [2.05, 4.69) is 34.3 Å². The molecule has 0 N–H and O–H groups in total. The Morgan fingerprint density at radius 1 is 1.27 bits per heavy atom. The molecule has 1 atom stereocenters. The van der Waals surface area contributed by atoms with Gasteiger partial charge >= 0.3 is 0 Å². The second-order valence-electron chi connectivity index (χ2n) is 3.50. The van der Waals surface area contributed by atoms with Gasteiger partial charge in [-0.1, -0.05) is 24.3 Å². The lowest BCUT2D eigenvalue weighted by Crippen LogP contribution is -2.06. The van der Waals surface area contributed by atoms with Gasteiger partial charge < -0.3 is 0 Å². The predicted molar refractivity (Wildman–Crippen MR) is 65.0 cm³/mol. The molecule has 0 unspecified atom stereocenters. The molecule has 0 radical (unpaired) electrons. The van der Waals surface area contributed by atoms with E-state index in [1.54, 1.807) is 18.0 Å². The van der Waals surface area contributed by atoms with Gasteiger partial charge in [-0.05, 0) is 24.2 Å². The van der Waals surface area contributed by atoms with Crippen LogP contribution in [0.25, 0.3) is 0 Å². The van der Waals surface area contributed by atoms with Crippen molar-refractivity contribution < 1.29 is 0 Å². The zero-order chi connectivity index (χ0) is 10.3. The molecular weight excluding hydrogens is 206 g/mol. The number of nitrogens with zero attached hydrogens (tertiary/aromatic N) is 3. The fourth-order valence-corrected chi connectivity index (χ4v) is 2.66. The van der Waals surface area contributed by atoms with E-state index in [-0.39, 0.29) is 6.04 Å². The molecule has 3 rings (SSSR count). The number of hydrogen-bond acceptors (Lipinski definition) is 4. The fourth-order valence-electron chi connectivity index (χ4n) is 1.63. The highest BCUT2D eigenvalue weighted by molar-refractivity contribution is 8.27. The molecule has 2 aliphatic rings. The van der Waals surface area contributed by atoms with E-state index in [9.17, 15) is 0 Å². The van der Waals surface area contributed by atoms with Crippen molar-refractivity contribution in [1.29, 1.82) is 0 Å². The van der Waals surface area contributed by atoms with Crippen molar-refractivity contribution in [2.24, 2.45) is 15.2 Å². The number of benzene rings is 1. The molecule has 0 saturated heterocycles. The van der Waals surface area contributed by atoms with Gasteiger partial charge in [0.15, 0.2) is 0 Å². The van der Waals surface area contributed by atoms with E-state index in [0.29, 0.717) is 0 Å². The number of aryl methyl sites for hydroxylation is 1. The summed E-state index contributed by atoms with van der Waals surface area (Å²) < 4.78 is 0. The van der Waals surface area contributed by atoms with Crippen molar-refractivity contribution in [1.82, 2.24) is 0 Å². The normalized spacial score (nSPS) is 22.6. The largest absolute Gasteiger partial charge is 0.261 e. The third-order valence-corrected chi connectivity index (χ3v) is 3.50. The minimum Gasteiger partial charge on any atom is -0.261 e. The van der Waals surface area contributed by atoms with E-state index in [1.165, 1.54) is 11.1 Å². The Labute approximate surface area is 92.0 Å². The Morgan fingerprint density at radius 2 is 2.13 bits per heavy atom. The molecule has 0 fully saturated rings. The van der Waals surface area contributed by atoms with Crippen molar-refractivity contribution >= 4 is 28.1 Å². The maximum absolute atomic E-state index is 4.58. The molecule has 1 aromatic carbocycles. The van der Waals surface area contributed by atoms with Crippen LogP contribution >= 0.6 is 11.8 Å². The first kappa shape index (κ1) is 8.85. The van der Waals surface area contributed by atoms with Gasteiger partial charge in [0.2, 0.25) is 0 Å². The molecule has 0 bridgehead atoms. The third-order valence-electron chi connectivity index (χ3n) is 2.45. The highest BCUT2D eigenvalue weighted by Crippen LogP contribution is 2.29. The summed E-state index contributed by atoms with van der Waals surface area (Å²) in [5.41, 5.74) is 2.45. The van der Waals surface area contributed by atoms with Gasteiger partial charge in [0.1, 0.15) is 16.1 Å². The van der Waals surface area contributed by atoms with Crippen molar-refractivity contribution in [2.45, 2.75) is 13.0 Å². The number of aliphatic imine (C=N–C) groups is 1. The van der Waals surface area contributed by atoms with Crippen LogP contribution in [0.15, 0.2) is 39.5 Å². The third kappa shape index (κ3) is 1.41. The van der Waals surface area contributed by atoms with Crippen LogP contribution in [0.5, 0.6) is 0 Å². The zero-order valence-electron chi connectivity index (χ0n) is 8.21. The molecular formula is C11H9N3S. The maximum atomic E-state index is 4.58. The lowest BCUT2D eigenvalue weighted by Gasteiger charge is -2.02. The van der Waals surface area contributed by atoms with Crippen LogP contribution in [0.2, 0.25) is 0 Å². The molecule has 74 valence electrons. The molecule has 3 nitrogen and oxygen atoms in total. The van der Waals surface area contributed by atoms with E-state index < -0.39 is 0 Å². The topological polar surface area (TPSA) is 37.1 Å². The Bertz CT molecular complexity index is 502. The highest BCUT2D eigenvalue weighted by atomic mass is 32.2. The van der Waals surface area contributed by atoms with E-state index in [1.807, 2.05) is 12.1 Å². The summed E-state index contributed by atoms with van der Waals surface area (Å²) in [7, 11) is 0. The lowest BCUT2D eigenvalue weighted by atomic mass is 10.1. The second kappa shape index (κ2) is 3.31. The summed E-state index contributed by atoms with van der Waals surface area (Å²) in [4.78, 5) is 4.58. The SMILES string of the molecule is Cc1ccccc1C1=N[C@H]2C=NN=C2S1. The van der Waals surface area contributed by atoms with E-state index >= 15 is 0 Å². The van der Waals surface area contributed by atoms with E-state index in [0.717, 1.165) is 10.1 Å². The minimum absolute atomic E-state index is 0.0737. The number of rotatable bonds is 1. The molecule has 0 saturated carbocycles. The van der Waals surface area contributed by atoms with Gasteiger partial charge in [0, 0.05) is 5.56 Å². The first-order valence-corrected chi connectivity index (χ1v) is 5.59. The highest BCUT2D eigenvalue weighted by Gasteiger charge is 2.28. The second-order valence-corrected chi connectivity index (χ2v) is 4.51. The smallest absolute Gasteiger partial charge is 0.138 e. The molecule has 0 aromatic heterocycles. The maximum Gasteiger partial charge on any atom is 0.138 e. The average molecular weight is 215 g/mol. The van der Waals surface area contributed by atoms with Gasteiger partial charge in [-0.15, -0.1) is 5.10 Å². The van der Waals surface area contributed by atoms with Crippen LogP contribution in [-0.4, -0.2) is 22.3 Å².